The van der Waals surface area contributed by atoms with Gasteiger partial charge in [0.1, 0.15) is 5.82 Å². The highest BCUT2D eigenvalue weighted by Gasteiger charge is 2.37. The van der Waals surface area contributed by atoms with Crippen LogP contribution in [0.3, 0.4) is 0 Å². The lowest BCUT2D eigenvalue weighted by molar-refractivity contribution is 0.0695. The highest BCUT2D eigenvalue weighted by Crippen LogP contribution is 2.45. The van der Waals surface area contributed by atoms with E-state index in [2.05, 4.69) is 125 Å². The van der Waals surface area contributed by atoms with Gasteiger partial charge < -0.3 is 31.8 Å². The molecule has 1 aromatic heterocycles. The van der Waals surface area contributed by atoms with Crippen molar-refractivity contribution in [1.29, 1.82) is 0 Å². The Morgan fingerprint density at radius 1 is 0.526 bits per heavy atom. The molecule has 1 heterocycles. The quantitative estimate of drug-likeness (QED) is 0.0283. The number of aromatic amines is 1. The van der Waals surface area contributed by atoms with E-state index in [0.29, 0.717) is 72.6 Å². The molecule has 0 aliphatic heterocycles. The molecule has 9 rings (SSSR count). The molecule has 7 N–H and O–H groups in total. The third-order valence-corrected chi connectivity index (χ3v) is 20.8. The van der Waals surface area contributed by atoms with Crippen LogP contribution < -0.4 is 21.7 Å². The highest BCUT2D eigenvalue weighted by atomic mass is 79.9. The molecule has 4 aliphatic rings. The molecule has 0 saturated heterocycles. The van der Waals surface area contributed by atoms with Crippen LogP contribution in [-0.4, -0.2) is 81.1 Å². The first kappa shape index (κ1) is 80.4. The zero-order valence-corrected chi connectivity index (χ0v) is 61.4. The molecule has 4 aromatic carbocycles. The molecule has 4 unspecified atom stereocenters. The van der Waals surface area contributed by atoms with Gasteiger partial charge in [-0.1, -0.05) is 192 Å². The van der Waals surface area contributed by atoms with Gasteiger partial charge in [0.15, 0.2) is 17.3 Å². The number of ketones is 3. The lowest BCUT2D eigenvalue weighted by Gasteiger charge is -2.27. The van der Waals surface area contributed by atoms with E-state index in [1.807, 2.05) is 30.5 Å². The number of nitrogens with two attached hydrogens (primary N) is 1. The normalized spacial score (nSPS) is 18.9. The number of nitrogens with zero attached hydrogens (tertiary/aromatic N) is 1. The number of imidazole rings is 1. The molecule has 0 radical (unpaired) electrons. The summed E-state index contributed by atoms with van der Waals surface area (Å²) in [7, 11) is 0. The van der Waals surface area contributed by atoms with Gasteiger partial charge in [-0.2, -0.15) is 0 Å². The van der Waals surface area contributed by atoms with Crippen LogP contribution in [0.4, 0.5) is 0 Å². The van der Waals surface area contributed by atoms with Gasteiger partial charge in [0.25, 0.3) is 17.7 Å². The van der Waals surface area contributed by atoms with Crippen molar-refractivity contribution in [3.63, 3.8) is 0 Å². The fraction of sp³-hybridized carbons (Fsp3) is 0.550. The number of Topliss-reactive ketones (excluding diaryl/α,β-unsaturated/α-hetero) is 3. The number of hydrogen-bond acceptors (Lipinski definition) is 9. The lowest BCUT2D eigenvalue weighted by atomic mass is 9.80. The van der Waals surface area contributed by atoms with E-state index in [9.17, 15) is 33.6 Å². The average Bonchev–Trinajstić information content (AvgIpc) is 1.80. The van der Waals surface area contributed by atoms with Crippen molar-refractivity contribution in [3.8, 4) is 11.3 Å². The summed E-state index contributed by atoms with van der Waals surface area (Å²) in [5.41, 5.74) is 13.7. The van der Waals surface area contributed by atoms with Gasteiger partial charge in [-0.25, -0.2) is 9.78 Å². The molecular weight excluding hydrogens is 1250 g/mol. The van der Waals surface area contributed by atoms with E-state index >= 15 is 0 Å². The van der Waals surface area contributed by atoms with Gasteiger partial charge in [0, 0.05) is 65.1 Å². The predicted molar refractivity (Wildman–Crippen MR) is 392 cm³/mol. The number of nitrogens with one attached hydrogen (secondary N) is 4. The first-order chi connectivity index (χ1) is 44.9. The number of aromatic carboxylic acids is 1. The third-order valence-electron chi connectivity index (χ3n) is 20.3. The maximum Gasteiger partial charge on any atom is 0.335 e. The maximum absolute atomic E-state index is 12.5. The summed E-state index contributed by atoms with van der Waals surface area (Å²) in [6.07, 6.45) is 25.4. The molecule has 14 nitrogen and oxygen atoms in total. The Morgan fingerprint density at radius 3 is 1.15 bits per heavy atom. The Labute approximate surface area is 578 Å². The van der Waals surface area contributed by atoms with Crippen LogP contribution >= 0.6 is 15.9 Å². The number of rotatable bonds is 22. The van der Waals surface area contributed by atoms with E-state index in [0.717, 1.165) is 79.6 Å². The number of allylic oxidation sites excluding steroid dienone is 1. The van der Waals surface area contributed by atoms with Crippen LogP contribution in [-0.2, 0) is 6.42 Å². The summed E-state index contributed by atoms with van der Waals surface area (Å²) < 4.78 is 0. The van der Waals surface area contributed by atoms with Gasteiger partial charge in [-0.05, 0) is 184 Å². The smallest absolute Gasteiger partial charge is 0.335 e. The molecule has 4 saturated carbocycles. The molecule has 520 valence electrons. The SMILES string of the molecule is C=C(N)CCCC.CC(=O)c1ccc(C(=O)NCC2CCCC2(C)C)cc1.CC(=O)c1ccc(C(=O)O)cc1.CC1(C)CCCC1CNC(=O)c1ccc(C(=O)CBr)cc1.CCC1CCCC1(C)C.CCCCc1ncc(-c2ccc(C(=O)NCC3CCCC3(C)C)cc2)[nH]1. The molecule has 0 spiro atoms. The number of hydrogen-bond donors (Lipinski definition) is 6. The van der Waals surface area contributed by atoms with E-state index in [-0.39, 0.29) is 40.6 Å². The number of aromatic nitrogens is 2. The number of carbonyl (C=O) groups excluding carboxylic acids is 6. The molecule has 4 aliphatic carbocycles. The molecule has 4 fully saturated rings. The first-order valence-electron chi connectivity index (χ1n) is 34.9. The van der Waals surface area contributed by atoms with Crippen LogP contribution in [0.25, 0.3) is 11.3 Å². The predicted octanol–water partition coefficient (Wildman–Crippen LogP) is 18.7. The van der Waals surface area contributed by atoms with Crippen LogP contribution in [0, 0.1) is 45.3 Å². The van der Waals surface area contributed by atoms with Crippen molar-refractivity contribution in [1.82, 2.24) is 25.9 Å². The molecule has 0 bridgehead atoms. The Morgan fingerprint density at radius 2 is 0.863 bits per heavy atom. The van der Waals surface area contributed by atoms with Gasteiger partial charge in [-0.15, -0.1) is 0 Å². The number of amides is 3. The fourth-order valence-corrected chi connectivity index (χ4v) is 13.5. The van der Waals surface area contributed by atoms with Gasteiger partial charge in [-0.3, -0.25) is 28.8 Å². The number of alkyl halides is 1. The van der Waals surface area contributed by atoms with E-state index in [4.69, 9.17) is 10.8 Å². The van der Waals surface area contributed by atoms with Crippen LogP contribution in [0.15, 0.2) is 116 Å². The van der Waals surface area contributed by atoms with Crippen molar-refractivity contribution >= 4 is 57.0 Å². The zero-order chi connectivity index (χ0) is 70.5. The first-order valence-corrected chi connectivity index (χ1v) is 36.1. The number of benzene rings is 4. The topological polar surface area (TPSA) is 231 Å². The van der Waals surface area contributed by atoms with Gasteiger partial charge in [0.2, 0.25) is 0 Å². The number of unbranched alkanes of at least 4 members (excludes halogenated alkanes) is 2. The number of carboxylic acids is 1. The van der Waals surface area contributed by atoms with E-state index < -0.39 is 5.97 Å². The summed E-state index contributed by atoms with van der Waals surface area (Å²) in [5.74, 6) is 2.64. The van der Waals surface area contributed by atoms with Crippen molar-refractivity contribution in [3.05, 3.63) is 160 Å². The summed E-state index contributed by atoms with van der Waals surface area (Å²) >= 11 is 3.14. The minimum Gasteiger partial charge on any atom is -0.478 e. The number of halogens is 1. The Balaban J connectivity index is 0.000000255. The van der Waals surface area contributed by atoms with Gasteiger partial charge in [0.05, 0.1) is 22.8 Å². The Hall–Kier alpha value is -7.00. The average molecular weight is 1370 g/mol. The monoisotopic (exact) mass is 1370 g/mol. The molecule has 95 heavy (non-hydrogen) atoms. The fourth-order valence-electron chi connectivity index (χ4n) is 13.2. The second-order valence-electron chi connectivity index (χ2n) is 29.2. The molecule has 4 atom stereocenters. The number of aryl methyl sites for hydroxylation is 1. The Bertz CT molecular complexity index is 3200. The summed E-state index contributed by atoms with van der Waals surface area (Å²) in [6, 6.07) is 27.3. The van der Waals surface area contributed by atoms with Crippen molar-refractivity contribution in [2.45, 2.75) is 212 Å². The summed E-state index contributed by atoms with van der Waals surface area (Å²) in [4.78, 5) is 88.4. The van der Waals surface area contributed by atoms with Crippen molar-refractivity contribution < 1.29 is 38.7 Å². The van der Waals surface area contributed by atoms with Gasteiger partial charge >= 0.3 is 5.97 Å². The second kappa shape index (κ2) is 39.3. The summed E-state index contributed by atoms with van der Waals surface area (Å²) in [5, 5.41) is 18.0. The highest BCUT2D eigenvalue weighted by molar-refractivity contribution is 9.09. The van der Waals surface area contributed by atoms with Crippen LogP contribution in [0.5, 0.6) is 0 Å². The third kappa shape index (κ3) is 26.9. The molecule has 5 aromatic rings. The number of H-pyrrole nitrogens is 1. The van der Waals surface area contributed by atoms with Crippen molar-refractivity contribution in [2.24, 2.45) is 51.1 Å². The van der Waals surface area contributed by atoms with Crippen molar-refractivity contribution in [2.75, 3.05) is 25.0 Å². The summed E-state index contributed by atoms with van der Waals surface area (Å²) in [6.45, 7) is 34.0. The van der Waals surface area contributed by atoms with E-state index in [1.165, 1.54) is 134 Å². The largest absolute Gasteiger partial charge is 0.478 e. The van der Waals surface area contributed by atoms with Crippen LogP contribution in [0.1, 0.15) is 284 Å². The molecular formula is C80H115BrN6O8. The Kier molecular flexibility index (Phi) is 33.3. The number of carboxylic acid groups (broad SMARTS) is 1. The minimum absolute atomic E-state index is 0.0182. The zero-order valence-electron chi connectivity index (χ0n) is 59.8. The minimum atomic E-state index is -0.981. The number of carbonyl (C=O) groups is 7. The standard InChI is InChI=1S/C22H31N3O.C17H22BrNO2.C17H23NO2.C9H8O3.C9H18.C6H13N/c1-4-5-8-20-23-15-19(25-20)16-9-11-17(12-10-16)21(26)24-14-18-7-6-13-22(18,2)3;1-17(2)9-3-4-14(17)11-19-16(21)13-7-5-12(6-8-13)15(20)10-18;1-12(19)13-6-8-14(9-7-13)16(20)18-11-15-5-4-10-17(15,2)3;1-6(10)7-2-4-8(5-3-7)9(11)12;1-4-8-6-5-7-9(8,2)3;1-3-4-5-6(2)7/h9-12,15,18H,4-8,13-14H2,1-3H3,(H,23,25)(H,24,26);5-8,14H,3-4,9-11H2,1-2H3,(H,19,21);6-9,15H,4-5,10-11H2,1-3H3,(H,18,20);2-5H,1H3,(H,11,12);8H,4-7H2,1-3H3;2-5,7H2,1H3. The molecule has 15 heteroatoms. The van der Waals surface area contributed by atoms with E-state index in [1.54, 1.807) is 48.5 Å². The van der Waals surface area contributed by atoms with Crippen LogP contribution in [0.2, 0.25) is 0 Å². The lowest BCUT2D eigenvalue weighted by Crippen LogP contribution is -2.33. The second-order valence-corrected chi connectivity index (χ2v) is 29.8. The molecule has 3 amide bonds. The maximum atomic E-state index is 12.5.